The minimum Gasteiger partial charge on any atom is -0.506 e. The second kappa shape index (κ2) is 4.88. The lowest BCUT2D eigenvalue weighted by Crippen LogP contribution is -2.68. The van der Waals surface area contributed by atoms with E-state index in [1.165, 1.54) is 24.0 Å². The van der Waals surface area contributed by atoms with Crippen LogP contribution in [0.4, 0.5) is 5.69 Å². The second-order valence-electron chi connectivity index (χ2n) is 8.46. The summed E-state index contributed by atoms with van der Waals surface area (Å²) in [6.45, 7) is 7.85. The fourth-order valence-corrected chi connectivity index (χ4v) is 6.97. The molecule has 1 saturated carbocycles. The molecule has 2 saturated heterocycles. The number of nitrogens with zero attached hydrogens (tertiary/aromatic N) is 1. The average molecular weight is 339 g/mol. The number of benzene rings is 1. The molecule has 3 fully saturated rings. The van der Waals surface area contributed by atoms with Gasteiger partial charge in [-0.15, -0.1) is 0 Å². The molecule has 4 heteroatoms. The maximum Gasteiger partial charge on any atom is 0.138 e. The second-order valence-corrected chi connectivity index (χ2v) is 8.46. The molecule has 132 valence electrons. The summed E-state index contributed by atoms with van der Waals surface area (Å²) in [5.41, 5.74) is 3.59. The number of carbonyl (C=O) groups is 1. The van der Waals surface area contributed by atoms with Gasteiger partial charge in [-0.1, -0.05) is 18.2 Å². The highest BCUT2D eigenvalue weighted by Crippen LogP contribution is 2.64. The topological polar surface area (TPSA) is 49.3 Å². The van der Waals surface area contributed by atoms with Crippen molar-refractivity contribution < 1.29 is 14.4 Å². The van der Waals surface area contributed by atoms with Crippen molar-refractivity contribution in [3.8, 4) is 5.75 Å². The first-order valence-corrected chi connectivity index (χ1v) is 9.66. The van der Waals surface area contributed by atoms with Crippen molar-refractivity contribution >= 4 is 12.0 Å². The summed E-state index contributed by atoms with van der Waals surface area (Å²) >= 11 is 0. The molecule has 3 heterocycles. The maximum absolute atomic E-state index is 12.2. The van der Waals surface area contributed by atoms with E-state index in [-0.39, 0.29) is 17.4 Å². The van der Waals surface area contributed by atoms with E-state index in [0.29, 0.717) is 17.7 Å². The molecule has 4 nitrogen and oxygen atoms in total. The number of aldehydes is 1. The Morgan fingerprint density at radius 3 is 3.00 bits per heavy atom. The van der Waals surface area contributed by atoms with Crippen LogP contribution in [-0.2, 0) is 10.2 Å². The molecular formula is C21H27N2O2+. The van der Waals surface area contributed by atoms with E-state index < -0.39 is 0 Å². The number of anilines is 1. The van der Waals surface area contributed by atoms with E-state index >= 15 is 0 Å². The van der Waals surface area contributed by atoms with E-state index in [1.54, 1.807) is 6.07 Å². The Morgan fingerprint density at radius 1 is 1.44 bits per heavy atom. The molecule has 2 N–H and O–H groups in total. The molecule has 5 rings (SSSR count). The van der Waals surface area contributed by atoms with Gasteiger partial charge in [-0.3, -0.25) is 0 Å². The summed E-state index contributed by atoms with van der Waals surface area (Å²) in [4.78, 5) is 12.2. The number of piperidine rings is 1. The van der Waals surface area contributed by atoms with Crippen LogP contribution in [0, 0.1) is 11.8 Å². The van der Waals surface area contributed by atoms with Crippen LogP contribution in [-0.4, -0.2) is 47.6 Å². The Morgan fingerprint density at radius 2 is 2.28 bits per heavy atom. The Kier molecular flexibility index (Phi) is 3.01. The number of nitrogens with one attached hydrogen (secondary N) is 1. The van der Waals surface area contributed by atoms with Gasteiger partial charge in [-0.25, -0.2) is 0 Å². The lowest BCUT2D eigenvalue weighted by Gasteiger charge is -2.56. The molecule has 0 unspecified atom stereocenters. The molecule has 0 radical (unpaired) electrons. The number of hydrogen-bond donors (Lipinski definition) is 2. The maximum atomic E-state index is 12.2. The van der Waals surface area contributed by atoms with Crippen LogP contribution in [0.2, 0.25) is 0 Å². The van der Waals surface area contributed by atoms with Crippen LogP contribution in [0.25, 0.3) is 0 Å². The summed E-state index contributed by atoms with van der Waals surface area (Å²) in [6, 6.07) is 6.57. The number of rotatable bonds is 2. The van der Waals surface area contributed by atoms with Gasteiger partial charge in [0.1, 0.15) is 24.6 Å². The summed E-state index contributed by atoms with van der Waals surface area (Å²) in [5.74, 6) is 0.671. The Labute approximate surface area is 149 Å². The minimum atomic E-state index is -0.00850. The average Bonchev–Trinajstić information content (AvgIpc) is 3.17. The SMILES string of the molecule is C/C=C1\C[N@+]2(CC)CC[C@]34c5cccc(O)c5N[C@H]3[C@H](C=O)[C@H]1C[C@H]42. The van der Waals surface area contributed by atoms with Crippen LogP contribution in [0.1, 0.15) is 32.3 Å². The number of carbonyl (C=O) groups excluding carboxylic acids is 1. The molecule has 3 aliphatic heterocycles. The van der Waals surface area contributed by atoms with Crippen molar-refractivity contribution in [2.75, 3.05) is 25.0 Å². The van der Waals surface area contributed by atoms with Gasteiger partial charge in [0.2, 0.25) is 0 Å². The molecule has 1 aromatic carbocycles. The third-order valence-electron chi connectivity index (χ3n) is 8.08. The van der Waals surface area contributed by atoms with Crippen LogP contribution < -0.4 is 5.32 Å². The van der Waals surface area contributed by atoms with E-state index in [0.717, 1.165) is 36.1 Å². The molecule has 4 aliphatic rings. The van der Waals surface area contributed by atoms with Gasteiger partial charge >= 0.3 is 0 Å². The third kappa shape index (κ3) is 1.60. The number of hydrogen-bond acceptors (Lipinski definition) is 3. The molecular weight excluding hydrogens is 312 g/mol. The predicted molar refractivity (Wildman–Crippen MR) is 97.6 cm³/mol. The quantitative estimate of drug-likeness (QED) is 0.377. The zero-order chi connectivity index (χ0) is 17.4. The first-order chi connectivity index (χ1) is 12.1. The highest BCUT2D eigenvalue weighted by molar-refractivity contribution is 5.74. The van der Waals surface area contributed by atoms with Crippen LogP contribution in [0.15, 0.2) is 29.8 Å². The summed E-state index contributed by atoms with van der Waals surface area (Å²) in [5, 5.41) is 14.1. The smallest absolute Gasteiger partial charge is 0.138 e. The van der Waals surface area contributed by atoms with E-state index in [9.17, 15) is 9.90 Å². The zero-order valence-electron chi connectivity index (χ0n) is 15.0. The predicted octanol–water partition coefficient (Wildman–Crippen LogP) is 2.83. The van der Waals surface area contributed by atoms with Crippen molar-refractivity contribution in [2.24, 2.45) is 11.8 Å². The van der Waals surface area contributed by atoms with E-state index in [1.807, 2.05) is 6.07 Å². The molecule has 1 aromatic rings. The molecule has 25 heavy (non-hydrogen) atoms. The zero-order valence-corrected chi connectivity index (χ0v) is 15.0. The highest BCUT2D eigenvalue weighted by atomic mass is 16.3. The largest absolute Gasteiger partial charge is 0.506 e. The van der Waals surface area contributed by atoms with Gasteiger partial charge in [0.05, 0.1) is 30.2 Å². The van der Waals surface area contributed by atoms with Crippen molar-refractivity contribution in [1.82, 2.24) is 0 Å². The Bertz CT molecular complexity index is 788. The normalized spacial score (nSPS) is 45.0. The number of phenols is 1. The number of fused-ring (bicyclic) bond motifs is 2. The number of phenolic OH excluding ortho intramolecular Hbond substituents is 1. The monoisotopic (exact) mass is 339 g/mol. The van der Waals surface area contributed by atoms with E-state index in [4.69, 9.17) is 0 Å². The number of para-hydroxylation sites is 1. The van der Waals surface area contributed by atoms with Gasteiger partial charge in [-0.2, -0.15) is 0 Å². The molecule has 1 aliphatic carbocycles. The Balaban J connectivity index is 1.76. The number of quaternary nitrogens is 1. The summed E-state index contributed by atoms with van der Waals surface area (Å²) in [7, 11) is 0. The number of aromatic hydroxyl groups is 1. The lowest BCUT2D eigenvalue weighted by atomic mass is 9.55. The van der Waals surface area contributed by atoms with Gasteiger partial charge in [0.25, 0.3) is 0 Å². The van der Waals surface area contributed by atoms with Crippen molar-refractivity contribution in [1.29, 1.82) is 0 Å². The Hall–Kier alpha value is -1.81. The van der Waals surface area contributed by atoms with Crippen molar-refractivity contribution in [3.63, 3.8) is 0 Å². The minimum absolute atomic E-state index is 0.00796. The lowest BCUT2D eigenvalue weighted by molar-refractivity contribution is -0.941. The van der Waals surface area contributed by atoms with E-state index in [2.05, 4.69) is 31.3 Å². The molecule has 2 bridgehead atoms. The molecule has 1 spiro atoms. The summed E-state index contributed by atoms with van der Waals surface area (Å²) in [6.07, 6.45) is 5.66. The van der Waals surface area contributed by atoms with Gasteiger partial charge < -0.3 is 19.7 Å². The standard InChI is InChI=1S/C21H26N2O2/c1-3-13-11-23(4-2)9-8-21-16-6-5-7-17(25)19(16)22-20(21)15(12-24)14(13)10-18(21)23/h3,5-7,12,14-15,18,20,22H,4,8-11H2,1-2H3/p+1/b13-3+/t14-,15+,18+,20-,21+,23-/m0/s1. The van der Waals surface area contributed by atoms with Gasteiger partial charge in [-0.05, 0) is 31.1 Å². The third-order valence-corrected chi connectivity index (χ3v) is 8.08. The number of likely N-dealkylation sites (N-methyl/N-ethyl adjacent to an activating group) is 1. The van der Waals surface area contributed by atoms with Crippen LogP contribution in [0.5, 0.6) is 5.75 Å². The van der Waals surface area contributed by atoms with Gasteiger partial charge in [0, 0.05) is 24.7 Å². The van der Waals surface area contributed by atoms with Crippen molar-refractivity contribution in [3.05, 3.63) is 35.4 Å². The van der Waals surface area contributed by atoms with Crippen LogP contribution >= 0.6 is 0 Å². The fraction of sp³-hybridized carbons (Fsp3) is 0.571. The highest BCUT2D eigenvalue weighted by Gasteiger charge is 2.71. The van der Waals surface area contributed by atoms with Crippen LogP contribution in [0.3, 0.4) is 0 Å². The molecule has 0 amide bonds. The van der Waals surface area contributed by atoms with Crippen molar-refractivity contribution in [2.45, 2.75) is 44.2 Å². The molecule has 6 atom stereocenters. The first-order valence-electron chi connectivity index (χ1n) is 9.66. The molecule has 0 aromatic heterocycles. The van der Waals surface area contributed by atoms with Gasteiger partial charge in [0.15, 0.2) is 0 Å². The first kappa shape index (κ1) is 15.4. The summed E-state index contributed by atoms with van der Waals surface area (Å²) < 4.78 is 1.15. The number of allylic oxidation sites excluding steroid dienone is 1. The fourth-order valence-electron chi connectivity index (χ4n) is 6.97.